The molecule has 2 heterocycles. The van der Waals surface area contributed by atoms with Gasteiger partial charge in [-0.25, -0.2) is 8.78 Å². The minimum absolute atomic E-state index is 0.0271. The number of carbonyl (C=O) groups is 1. The van der Waals surface area contributed by atoms with Crippen molar-refractivity contribution in [2.75, 3.05) is 37.7 Å². The third-order valence-corrected chi connectivity index (χ3v) is 5.62. The molecule has 1 fully saturated rings. The fourth-order valence-electron chi connectivity index (χ4n) is 4.16. The number of nitrogens with zero attached hydrogens (tertiary/aromatic N) is 2. The predicted molar refractivity (Wildman–Crippen MR) is 102 cm³/mol. The summed E-state index contributed by atoms with van der Waals surface area (Å²) < 4.78 is 33.5. The number of alkyl halides is 1. The van der Waals surface area contributed by atoms with Gasteiger partial charge in [-0.1, -0.05) is 26.7 Å². The van der Waals surface area contributed by atoms with E-state index < -0.39 is 6.17 Å². The fraction of sp³-hybridized carbons (Fsp3) is 0.667. The van der Waals surface area contributed by atoms with Gasteiger partial charge in [0.2, 0.25) is 0 Å². The molecular weight excluding hydrogens is 350 g/mol. The van der Waals surface area contributed by atoms with E-state index in [1.165, 1.54) is 12.1 Å². The second kappa shape index (κ2) is 9.00. The average Bonchev–Trinajstić information content (AvgIpc) is 2.63. The van der Waals surface area contributed by atoms with Gasteiger partial charge in [0.1, 0.15) is 17.7 Å². The zero-order valence-electron chi connectivity index (χ0n) is 16.3. The van der Waals surface area contributed by atoms with Crippen molar-refractivity contribution in [3.8, 4) is 5.75 Å². The van der Waals surface area contributed by atoms with E-state index in [1.807, 2.05) is 0 Å². The van der Waals surface area contributed by atoms with E-state index in [1.54, 1.807) is 11.0 Å². The summed E-state index contributed by atoms with van der Waals surface area (Å²) in [5.41, 5.74) is 0.486. The van der Waals surface area contributed by atoms with Crippen molar-refractivity contribution in [3.63, 3.8) is 0 Å². The molecule has 2 aliphatic rings. The van der Waals surface area contributed by atoms with Crippen LogP contribution in [0.5, 0.6) is 5.75 Å². The van der Waals surface area contributed by atoms with E-state index in [2.05, 4.69) is 18.7 Å². The first-order valence-electron chi connectivity index (χ1n) is 10.1. The van der Waals surface area contributed by atoms with Crippen LogP contribution in [0.2, 0.25) is 0 Å². The maximum atomic E-state index is 14.5. The van der Waals surface area contributed by atoms with Crippen molar-refractivity contribution < 1.29 is 18.3 Å². The zero-order valence-corrected chi connectivity index (χ0v) is 16.3. The number of fused-ring (bicyclic) bond motifs is 1. The molecule has 0 spiro atoms. The highest BCUT2D eigenvalue weighted by Crippen LogP contribution is 2.33. The summed E-state index contributed by atoms with van der Waals surface area (Å²) in [6.45, 7) is 6.75. The predicted octanol–water partition coefficient (Wildman–Crippen LogP) is 4.04. The van der Waals surface area contributed by atoms with Gasteiger partial charge in [0.15, 0.2) is 6.61 Å². The number of anilines is 1. The fourth-order valence-corrected chi connectivity index (χ4v) is 4.16. The number of unbranched alkanes of at least 4 members (excludes halogenated alkanes) is 1. The molecule has 0 aromatic heterocycles. The highest BCUT2D eigenvalue weighted by atomic mass is 19.1. The van der Waals surface area contributed by atoms with E-state index in [4.69, 9.17) is 4.74 Å². The number of hydrogen-bond donors (Lipinski definition) is 0. The maximum absolute atomic E-state index is 14.5. The van der Waals surface area contributed by atoms with Crippen LogP contribution in [0.1, 0.15) is 39.5 Å². The Labute approximate surface area is 160 Å². The van der Waals surface area contributed by atoms with Gasteiger partial charge >= 0.3 is 0 Å². The number of hydrogen-bond acceptors (Lipinski definition) is 3. The van der Waals surface area contributed by atoms with E-state index >= 15 is 0 Å². The van der Waals surface area contributed by atoms with Gasteiger partial charge in [-0.3, -0.25) is 4.79 Å². The number of rotatable bonds is 7. The highest BCUT2D eigenvalue weighted by Gasteiger charge is 2.31. The SMILES string of the molecule is CCCCC1CCN(CC(C)CN2C(=O)COc3ccc(F)cc32)CC1F. The molecule has 1 aromatic rings. The third-order valence-electron chi connectivity index (χ3n) is 5.62. The first-order valence-corrected chi connectivity index (χ1v) is 10.1. The Morgan fingerprint density at radius 2 is 2.15 bits per heavy atom. The minimum Gasteiger partial charge on any atom is -0.482 e. The second-order valence-electron chi connectivity index (χ2n) is 7.98. The molecule has 0 aliphatic carbocycles. The second-order valence-corrected chi connectivity index (χ2v) is 7.98. The summed E-state index contributed by atoms with van der Waals surface area (Å²) in [5, 5.41) is 0. The first-order chi connectivity index (χ1) is 13.0. The Morgan fingerprint density at radius 3 is 2.89 bits per heavy atom. The Hall–Kier alpha value is -1.69. The molecule has 4 nitrogen and oxygen atoms in total. The molecule has 150 valence electrons. The van der Waals surface area contributed by atoms with Crippen LogP contribution in [-0.4, -0.2) is 49.8 Å². The summed E-state index contributed by atoms with van der Waals surface area (Å²) in [4.78, 5) is 16.1. The molecule has 0 saturated carbocycles. The summed E-state index contributed by atoms with van der Waals surface area (Å²) >= 11 is 0. The molecule has 0 radical (unpaired) electrons. The Kier molecular flexibility index (Phi) is 6.68. The first kappa shape index (κ1) is 20.1. The number of halogens is 2. The van der Waals surface area contributed by atoms with Gasteiger partial charge in [-0.05, 0) is 43.4 Å². The number of carbonyl (C=O) groups excluding carboxylic acids is 1. The van der Waals surface area contributed by atoms with Crippen molar-refractivity contribution >= 4 is 11.6 Å². The van der Waals surface area contributed by atoms with Crippen molar-refractivity contribution in [2.45, 2.75) is 45.7 Å². The van der Waals surface area contributed by atoms with Crippen LogP contribution in [0.4, 0.5) is 14.5 Å². The number of likely N-dealkylation sites (tertiary alicyclic amines) is 1. The molecule has 1 saturated heterocycles. The van der Waals surface area contributed by atoms with E-state index in [0.29, 0.717) is 24.5 Å². The molecule has 27 heavy (non-hydrogen) atoms. The number of amides is 1. The number of benzene rings is 1. The summed E-state index contributed by atoms with van der Waals surface area (Å²) in [7, 11) is 0. The van der Waals surface area contributed by atoms with Crippen LogP contribution >= 0.6 is 0 Å². The lowest BCUT2D eigenvalue weighted by molar-refractivity contribution is -0.121. The van der Waals surface area contributed by atoms with E-state index in [0.717, 1.165) is 38.8 Å². The lowest BCUT2D eigenvalue weighted by Gasteiger charge is -2.37. The zero-order chi connectivity index (χ0) is 19.4. The summed E-state index contributed by atoms with van der Waals surface area (Å²) in [5.74, 6) is 0.319. The van der Waals surface area contributed by atoms with Crippen molar-refractivity contribution in [1.29, 1.82) is 0 Å². The van der Waals surface area contributed by atoms with Crippen LogP contribution in [0, 0.1) is 17.7 Å². The normalized spacial score (nSPS) is 24.4. The quantitative estimate of drug-likeness (QED) is 0.716. The molecular formula is C21H30F2N2O2. The van der Waals surface area contributed by atoms with Crippen LogP contribution < -0.4 is 9.64 Å². The molecule has 1 aromatic carbocycles. The largest absolute Gasteiger partial charge is 0.482 e. The Bertz CT molecular complexity index is 655. The molecule has 3 rings (SSSR count). The topological polar surface area (TPSA) is 32.8 Å². The molecule has 6 heteroatoms. The number of ether oxygens (including phenoxy) is 1. The standard InChI is InChI=1S/C21H30F2N2O2/c1-3-4-5-16-8-9-24(13-18(16)23)11-15(2)12-25-19-10-17(22)6-7-20(19)27-14-21(25)26/h6-7,10,15-16,18H,3-5,8-9,11-14H2,1-2H3. The van der Waals surface area contributed by atoms with Gasteiger partial charge in [-0.15, -0.1) is 0 Å². The lowest BCUT2D eigenvalue weighted by atomic mass is 9.89. The highest BCUT2D eigenvalue weighted by molar-refractivity contribution is 5.97. The Morgan fingerprint density at radius 1 is 1.33 bits per heavy atom. The third kappa shape index (κ3) is 4.98. The van der Waals surface area contributed by atoms with Crippen LogP contribution in [0.25, 0.3) is 0 Å². The van der Waals surface area contributed by atoms with Crippen LogP contribution in [0.15, 0.2) is 18.2 Å². The van der Waals surface area contributed by atoms with E-state index in [-0.39, 0.29) is 30.2 Å². The van der Waals surface area contributed by atoms with Gasteiger partial charge in [0.25, 0.3) is 5.91 Å². The monoisotopic (exact) mass is 380 g/mol. The van der Waals surface area contributed by atoms with Gasteiger partial charge < -0.3 is 14.5 Å². The molecule has 3 unspecified atom stereocenters. The van der Waals surface area contributed by atoms with Gasteiger partial charge in [0, 0.05) is 25.7 Å². The molecule has 3 atom stereocenters. The molecule has 0 N–H and O–H groups in total. The summed E-state index contributed by atoms with van der Waals surface area (Å²) in [6, 6.07) is 4.24. The number of piperidine rings is 1. The van der Waals surface area contributed by atoms with Gasteiger partial charge in [-0.2, -0.15) is 0 Å². The smallest absolute Gasteiger partial charge is 0.265 e. The van der Waals surface area contributed by atoms with E-state index in [9.17, 15) is 13.6 Å². The maximum Gasteiger partial charge on any atom is 0.265 e. The lowest BCUT2D eigenvalue weighted by Crippen LogP contribution is -2.47. The summed E-state index contributed by atoms with van der Waals surface area (Å²) in [6.07, 6.45) is 3.32. The van der Waals surface area contributed by atoms with Crippen LogP contribution in [0.3, 0.4) is 0 Å². The van der Waals surface area contributed by atoms with Crippen molar-refractivity contribution in [3.05, 3.63) is 24.0 Å². The average molecular weight is 380 g/mol. The Balaban J connectivity index is 1.56. The molecule has 0 bridgehead atoms. The van der Waals surface area contributed by atoms with Crippen LogP contribution in [-0.2, 0) is 4.79 Å². The van der Waals surface area contributed by atoms with Gasteiger partial charge in [0.05, 0.1) is 5.69 Å². The van der Waals surface area contributed by atoms with Crippen molar-refractivity contribution in [2.24, 2.45) is 11.8 Å². The minimum atomic E-state index is -0.766. The van der Waals surface area contributed by atoms with Crippen molar-refractivity contribution in [1.82, 2.24) is 4.90 Å². The molecule has 2 aliphatic heterocycles. The molecule has 1 amide bonds.